The number of amides is 1. The van der Waals surface area contributed by atoms with E-state index in [1.807, 2.05) is 30.3 Å². The normalized spacial score (nSPS) is 14.9. The maximum Gasteiger partial charge on any atom is 0.289 e. The molecule has 0 saturated heterocycles. The van der Waals surface area contributed by atoms with E-state index < -0.39 is 4.92 Å². The molecule has 0 saturated carbocycles. The number of carbonyl (C=O) groups is 1. The van der Waals surface area contributed by atoms with Crippen LogP contribution < -0.4 is 4.90 Å². The SMILES string of the molecule is O=C1/C(=C/c2ccccc2)C=C(c2ccc(Cl)cc2)N1c1ccc(Cl)c([N+](=O)[O-])c1. The van der Waals surface area contributed by atoms with E-state index in [9.17, 15) is 14.9 Å². The number of halogens is 2. The summed E-state index contributed by atoms with van der Waals surface area (Å²) in [6.07, 6.45) is 3.54. The zero-order valence-electron chi connectivity index (χ0n) is 15.5. The van der Waals surface area contributed by atoms with Crippen LogP contribution in [0.1, 0.15) is 11.1 Å². The fourth-order valence-electron chi connectivity index (χ4n) is 3.21. The standard InChI is InChI=1S/C23H14Cl2N2O3/c24-18-8-6-16(7-9-18)21-13-17(12-15-4-2-1-3-5-15)23(28)26(21)19-10-11-20(25)22(14-19)27(29)30/h1-14H/b17-12+. The summed E-state index contributed by atoms with van der Waals surface area (Å²) in [5.74, 6) is -0.291. The van der Waals surface area contributed by atoms with Crippen LogP contribution >= 0.6 is 23.2 Å². The predicted molar refractivity (Wildman–Crippen MR) is 119 cm³/mol. The minimum atomic E-state index is -0.571. The van der Waals surface area contributed by atoms with Crippen LogP contribution in [0.5, 0.6) is 0 Å². The quantitative estimate of drug-likeness (QED) is 0.271. The zero-order valence-corrected chi connectivity index (χ0v) is 17.0. The van der Waals surface area contributed by atoms with Crippen LogP contribution in [0.25, 0.3) is 11.8 Å². The first-order valence-corrected chi connectivity index (χ1v) is 9.72. The Morgan fingerprint density at radius 2 is 1.63 bits per heavy atom. The molecule has 0 spiro atoms. The largest absolute Gasteiger partial charge is 0.289 e. The van der Waals surface area contributed by atoms with E-state index >= 15 is 0 Å². The van der Waals surface area contributed by atoms with E-state index in [1.54, 1.807) is 42.5 Å². The van der Waals surface area contributed by atoms with Gasteiger partial charge in [0.05, 0.1) is 16.3 Å². The summed E-state index contributed by atoms with van der Waals surface area (Å²) in [6.45, 7) is 0. The van der Waals surface area contributed by atoms with E-state index in [0.717, 1.165) is 11.1 Å². The molecule has 0 N–H and O–H groups in total. The molecule has 5 nitrogen and oxygen atoms in total. The van der Waals surface area contributed by atoms with Crippen LogP contribution in [0.3, 0.4) is 0 Å². The van der Waals surface area contributed by atoms with Gasteiger partial charge < -0.3 is 0 Å². The van der Waals surface area contributed by atoms with Gasteiger partial charge in [-0.25, -0.2) is 0 Å². The van der Waals surface area contributed by atoms with Crippen LogP contribution in [0.15, 0.2) is 84.4 Å². The minimum absolute atomic E-state index is 0.00692. The molecule has 0 aromatic heterocycles. The van der Waals surface area contributed by atoms with Gasteiger partial charge in [-0.2, -0.15) is 0 Å². The molecular formula is C23H14Cl2N2O3. The van der Waals surface area contributed by atoms with Crippen molar-refractivity contribution in [2.75, 3.05) is 4.90 Å². The van der Waals surface area contributed by atoms with Gasteiger partial charge in [-0.1, -0.05) is 65.7 Å². The predicted octanol–water partition coefficient (Wildman–Crippen LogP) is 6.37. The number of anilines is 1. The molecule has 4 rings (SSSR count). The monoisotopic (exact) mass is 436 g/mol. The lowest BCUT2D eigenvalue weighted by Gasteiger charge is -2.21. The lowest BCUT2D eigenvalue weighted by molar-refractivity contribution is -0.384. The third kappa shape index (κ3) is 3.85. The molecule has 1 amide bonds. The van der Waals surface area contributed by atoms with Crippen molar-refractivity contribution in [3.05, 3.63) is 116 Å². The van der Waals surface area contributed by atoms with Crippen LogP contribution in [-0.4, -0.2) is 10.8 Å². The maximum absolute atomic E-state index is 13.3. The third-order valence-corrected chi connectivity index (χ3v) is 5.20. The van der Waals surface area contributed by atoms with Crippen molar-refractivity contribution >= 4 is 52.3 Å². The van der Waals surface area contributed by atoms with Crippen LogP contribution in [0.4, 0.5) is 11.4 Å². The highest BCUT2D eigenvalue weighted by atomic mass is 35.5. The van der Waals surface area contributed by atoms with Crippen molar-refractivity contribution in [3.63, 3.8) is 0 Å². The van der Waals surface area contributed by atoms with Crippen molar-refractivity contribution in [2.24, 2.45) is 0 Å². The molecule has 1 aliphatic rings. The molecule has 0 atom stereocenters. The molecule has 30 heavy (non-hydrogen) atoms. The summed E-state index contributed by atoms with van der Waals surface area (Å²) in [5.41, 5.74) is 2.77. The summed E-state index contributed by atoms with van der Waals surface area (Å²) >= 11 is 12.0. The highest BCUT2D eigenvalue weighted by molar-refractivity contribution is 6.33. The highest BCUT2D eigenvalue weighted by Crippen LogP contribution is 2.38. The molecule has 1 aliphatic heterocycles. The molecule has 0 aliphatic carbocycles. The first kappa shape index (κ1) is 19.9. The number of benzene rings is 3. The number of hydrogen-bond donors (Lipinski definition) is 0. The Hall–Kier alpha value is -3.41. The molecule has 0 radical (unpaired) electrons. The number of rotatable bonds is 4. The second-order valence-corrected chi connectivity index (χ2v) is 7.42. The summed E-state index contributed by atoms with van der Waals surface area (Å²) in [5, 5.41) is 11.9. The van der Waals surface area contributed by atoms with E-state index in [-0.39, 0.29) is 16.6 Å². The Labute approximate surface area is 182 Å². The zero-order chi connectivity index (χ0) is 21.3. The number of nitrogens with zero attached hydrogens (tertiary/aromatic N) is 2. The minimum Gasteiger partial charge on any atom is -0.276 e. The molecule has 3 aromatic rings. The summed E-state index contributed by atoms with van der Waals surface area (Å²) in [7, 11) is 0. The summed E-state index contributed by atoms with van der Waals surface area (Å²) in [6, 6.07) is 20.8. The van der Waals surface area contributed by atoms with Gasteiger partial charge in [0.25, 0.3) is 11.6 Å². The number of hydrogen-bond acceptors (Lipinski definition) is 3. The maximum atomic E-state index is 13.3. The lowest BCUT2D eigenvalue weighted by atomic mass is 10.1. The van der Waals surface area contributed by atoms with Gasteiger partial charge in [0.1, 0.15) is 5.02 Å². The first-order valence-electron chi connectivity index (χ1n) is 8.97. The van der Waals surface area contributed by atoms with Gasteiger partial charge in [-0.05, 0) is 47.5 Å². The van der Waals surface area contributed by atoms with Gasteiger partial charge in [0, 0.05) is 16.7 Å². The molecule has 0 unspecified atom stereocenters. The highest BCUT2D eigenvalue weighted by Gasteiger charge is 2.31. The summed E-state index contributed by atoms with van der Waals surface area (Å²) in [4.78, 5) is 25.5. The van der Waals surface area contributed by atoms with Gasteiger partial charge in [-0.15, -0.1) is 0 Å². The Morgan fingerprint density at radius 1 is 0.933 bits per heavy atom. The lowest BCUT2D eigenvalue weighted by Crippen LogP contribution is -2.25. The fourth-order valence-corrected chi connectivity index (χ4v) is 3.53. The van der Waals surface area contributed by atoms with Gasteiger partial charge in [-0.3, -0.25) is 19.8 Å². The summed E-state index contributed by atoms with van der Waals surface area (Å²) < 4.78 is 0. The van der Waals surface area contributed by atoms with Gasteiger partial charge >= 0.3 is 0 Å². The average Bonchev–Trinajstić information content (AvgIpc) is 3.05. The Balaban J connectivity index is 1.85. The third-order valence-electron chi connectivity index (χ3n) is 4.63. The molecule has 3 aromatic carbocycles. The van der Waals surface area contributed by atoms with Crippen molar-refractivity contribution in [1.82, 2.24) is 0 Å². The second-order valence-electron chi connectivity index (χ2n) is 6.58. The molecular weight excluding hydrogens is 423 g/mol. The number of nitro groups is 1. The average molecular weight is 437 g/mol. The van der Waals surface area contributed by atoms with Crippen molar-refractivity contribution in [1.29, 1.82) is 0 Å². The molecule has 148 valence electrons. The molecule has 7 heteroatoms. The van der Waals surface area contributed by atoms with E-state index in [1.165, 1.54) is 17.0 Å². The molecule has 1 heterocycles. The fraction of sp³-hybridized carbons (Fsp3) is 0. The Kier molecular flexibility index (Phi) is 5.40. The molecule has 0 bridgehead atoms. The number of nitro benzene ring substituents is 1. The van der Waals surface area contributed by atoms with Crippen molar-refractivity contribution < 1.29 is 9.72 Å². The van der Waals surface area contributed by atoms with Gasteiger partial charge in [0.2, 0.25) is 0 Å². The van der Waals surface area contributed by atoms with Crippen molar-refractivity contribution in [2.45, 2.75) is 0 Å². The number of carbonyl (C=O) groups excluding carboxylic acids is 1. The Bertz CT molecular complexity index is 1200. The van der Waals surface area contributed by atoms with Crippen LogP contribution in [-0.2, 0) is 4.79 Å². The first-order chi connectivity index (χ1) is 14.4. The topological polar surface area (TPSA) is 63.5 Å². The van der Waals surface area contributed by atoms with E-state index in [4.69, 9.17) is 23.2 Å². The van der Waals surface area contributed by atoms with Crippen molar-refractivity contribution in [3.8, 4) is 0 Å². The molecule has 0 fully saturated rings. The van der Waals surface area contributed by atoms with Crippen LogP contribution in [0, 0.1) is 10.1 Å². The van der Waals surface area contributed by atoms with E-state index in [2.05, 4.69) is 0 Å². The van der Waals surface area contributed by atoms with E-state index in [0.29, 0.717) is 22.0 Å². The Morgan fingerprint density at radius 3 is 2.30 bits per heavy atom. The smallest absolute Gasteiger partial charge is 0.276 e. The second kappa shape index (κ2) is 8.14. The van der Waals surface area contributed by atoms with Gasteiger partial charge in [0.15, 0.2) is 0 Å². The van der Waals surface area contributed by atoms with Crippen LogP contribution in [0.2, 0.25) is 10.0 Å².